The van der Waals surface area contributed by atoms with E-state index < -0.39 is 0 Å². The quantitative estimate of drug-likeness (QED) is 0.425. The number of H-pyrrole nitrogens is 1. The Morgan fingerprint density at radius 3 is 2.43 bits per heavy atom. The summed E-state index contributed by atoms with van der Waals surface area (Å²) in [6.45, 7) is 10.7. The monoisotopic (exact) mass is 496 g/mol. The number of fused-ring (bicyclic) bond motifs is 1. The van der Waals surface area contributed by atoms with E-state index >= 15 is 0 Å². The van der Waals surface area contributed by atoms with E-state index in [0.29, 0.717) is 5.56 Å². The zero-order valence-corrected chi connectivity index (χ0v) is 22.7. The number of carbonyl (C=O) groups is 1. The van der Waals surface area contributed by atoms with Gasteiger partial charge in [0.05, 0.1) is 11.9 Å². The fourth-order valence-corrected chi connectivity index (χ4v) is 5.32. The van der Waals surface area contributed by atoms with Crippen LogP contribution in [0.2, 0.25) is 0 Å². The van der Waals surface area contributed by atoms with Crippen LogP contribution in [-0.4, -0.2) is 78.0 Å². The summed E-state index contributed by atoms with van der Waals surface area (Å²) in [5, 5.41) is 0. The number of aryl methyl sites for hydroxylation is 3. The maximum absolute atomic E-state index is 12.5. The summed E-state index contributed by atoms with van der Waals surface area (Å²) in [5.41, 5.74) is 11.2. The molecule has 2 aromatic carbocycles. The van der Waals surface area contributed by atoms with Crippen LogP contribution in [-0.2, 0) is 6.42 Å². The Balaban J connectivity index is 1.53. The molecule has 2 aromatic heterocycles. The summed E-state index contributed by atoms with van der Waals surface area (Å²) in [5.74, 6) is 0.00664. The average molecular weight is 497 g/mol. The van der Waals surface area contributed by atoms with Gasteiger partial charge in [0.15, 0.2) is 5.65 Å². The molecule has 3 heterocycles. The van der Waals surface area contributed by atoms with Gasteiger partial charge in [0, 0.05) is 68.8 Å². The number of anilines is 1. The first-order chi connectivity index (χ1) is 17.8. The minimum absolute atomic E-state index is 0.00664. The molecule has 1 N–H and O–H groups in total. The molecule has 1 saturated heterocycles. The fraction of sp³-hybridized carbons (Fsp3) is 0.367. The zero-order valence-electron chi connectivity index (χ0n) is 22.7. The Bertz CT molecular complexity index is 1460. The third-order valence-electron chi connectivity index (χ3n) is 7.43. The second kappa shape index (κ2) is 9.98. The van der Waals surface area contributed by atoms with Crippen molar-refractivity contribution < 1.29 is 4.79 Å². The number of benzene rings is 2. The Morgan fingerprint density at radius 2 is 1.76 bits per heavy atom. The normalized spacial score (nSPS) is 14.4. The number of aromatic amines is 1. The lowest BCUT2D eigenvalue weighted by atomic mass is 9.98. The minimum Gasteiger partial charge on any atom is -0.369 e. The number of likely N-dealkylation sites (N-methyl/N-ethyl adjacent to an activating group) is 1. The van der Waals surface area contributed by atoms with Gasteiger partial charge in [-0.05, 0) is 67.8 Å². The highest BCUT2D eigenvalue weighted by atomic mass is 16.2. The number of nitrogens with one attached hydrogen (secondary N) is 1. The van der Waals surface area contributed by atoms with Crippen LogP contribution in [0.3, 0.4) is 0 Å². The molecule has 1 fully saturated rings. The number of hydrogen-bond acceptors (Lipinski definition) is 5. The minimum atomic E-state index is 0.00664. The van der Waals surface area contributed by atoms with Crippen molar-refractivity contribution in [1.82, 2.24) is 24.8 Å². The van der Waals surface area contributed by atoms with Crippen LogP contribution in [0.5, 0.6) is 0 Å². The van der Waals surface area contributed by atoms with Crippen LogP contribution in [0.15, 0.2) is 42.7 Å². The molecule has 0 unspecified atom stereocenters. The van der Waals surface area contributed by atoms with E-state index in [1.54, 1.807) is 19.0 Å². The highest BCUT2D eigenvalue weighted by molar-refractivity contribution is 5.97. The van der Waals surface area contributed by atoms with Gasteiger partial charge in [0.25, 0.3) is 5.91 Å². The van der Waals surface area contributed by atoms with E-state index in [2.05, 4.69) is 53.9 Å². The SMILES string of the molecule is CCc1cc(-c2cnc3[nH]cc(-c4ccc(C(=O)N(C)C)c(C)c4)c3n2)cc(C)c1N1CCN(C)CC1. The van der Waals surface area contributed by atoms with Crippen molar-refractivity contribution in [2.24, 2.45) is 0 Å². The molecule has 0 radical (unpaired) electrons. The topological polar surface area (TPSA) is 68.4 Å². The average Bonchev–Trinajstić information content (AvgIpc) is 3.31. The third-order valence-corrected chi connectivity index (χ3v) is 7.43. The van der Waals surface area contributed by atoms with E-state index in [9.17, 15) is 4.79 Å². The van der Waals surface area contributed by atoms with E-state index in [4.69, 9.17) is 9.97 Å². The third kappa shape index (κ3) is 4.71. The van der Waals surface area contributed by atoms with Crippen molar-refractivity contribution in [2.45, 2.75) is 27.2 Å². The molecule has 1 aliphatic heterocycles. The standard InChI is InChI=1S/C30H36N6O/c1-7-21-16-23(15-20(3)28(21)36-12-10-35(6)11-13-36)26-18-32-29-27(33-26)25(17-31-29)22-8-9-24(19(2)14-22)30(37)34(4)5/h8-9,14-18H,7,10-13H2,1-6H3,(H,31,32). The zero-order chi connectivity index (χ0) is 26.3. The molecule has 4 aromatic rings. The van der Waals surface area contributed by atoms with E-state index in [1.807, 2.05) is 31.5 Å². The van der Waals surface area contributed by atoms with Gasteiger partial charge in [0.1, 0.15) is 5.52 Å². The van der Waals surface area contributed by atoms with E-state index in [1.165, 1.54) is 16.8 Å². The van der Waals surface area contributed by atoms with Crippen LogP contribution in [0.1, 0.15) is 34.0 Å². The van der Waals surface area contributed by atoms with Gasteiger partial charge in [-0.15, -0.1) is 0 Å². The summed E-state index contributed by atoms with van der Waals surface area (Å²) in [6, 6.07) is 10.5. The van der Waals surface area contributed by atoms with Crippen molar-refractivity contribution in [3.05, 3.63) is 65.0 Å². The molecule has 1 aliphatic rings. The molecule has 192 valence electrons. The summed E-state index contributed by atoms with van der Waals surface area (Å²) < 4.78 is 0. The molecule has 5 rings (SSSR count). The van der Waals surface area contributed by atoms with Crippen LogP contribution in [0, 0.1) is 13.8 Å². The molecule has 0 saturated carbocycles. The largest absolute Gasteiger partial charge is 0.369 e. The molecule has 0 atom stereocenters. The summed E-state index contributed by atoms with van der Waals surface area (Å²) in [6.07, 6.45) is 4.78. The maximum Gasteiger partial charge on any atom is 0.253 e. The van der Waals surface area contributed by atoms with Crippen LogP contribution >= 0.6 is 0 Å². The lowest BCUT2D eigenvalue weighted by Gasteiger charge is -2.36. The van der Waals surface area contributed by atoms with Crippen LogP contribution < -0.4 is 4.90 Å². The fourth-order valence-electron chi connectivity index (χ4n) is 5.32. The molecular formula is C30H36N6O. The predicted molar refractivity (Wildman–Crippen MR) is 151 cm³/mol. The number of hydrogen-bond donors (Lipinski definition) is 1. The summed E-state index contributed by atoms with van der Waals surface area (Å²) in [4.78, 5) is 32.1. The highest BCUT2D eigenvalue weighted by Crippen LogP contribution is 2.34. The van der Waals surface area contributed by atoms with Crippen molar-refractivity contribution >= 4 is 22.8 Å². The molecule has 1 amide bonds. The van der Waals surface area contributed by atoms with Gasteiger partial charge < -0.3 is 19.7 Å². The van der Waals surface area contributed by atoms with Crippen molar-refractivity contribution in [3.63, 3.8) is 0 Å². The predicted octanol–water partition coefficient (Wildman–Crippen LogP) is 4.92. The van der Waals surface area contributed by atoms with Gasteiger partial charge >= 0.3 is 0 Å². The summed E-state index contributed by atoms with van der Waals surface area (Å²) in [7, 11) is 5.74. The number of nitrogens with zero attached hydrogens (tertiary/aromatic N) is 5. The molecular weight excluding hydrogens is 460 g/mol. The Morgan fingerprint density at radius 1 is 1.03 bits per heavy atom. The van der Waals surface area contributed by atoms with Gasteiger partial charge in [-0.1, -0.05) is 19.1 Å². The molecule has 7 heteroatoms. The molecule has 7 nitrogen and oxygen atoms in total. The number of aromatic nitrogens is 3. The van der Waals surface area contributed by atoms with E-state index in [0.717, 1.165) is 71.7 Å². The number of rotatable bonds is 5. The van der Waals surface area contributed by atoms with Crippen molar-refractivity contribution in [3.8, 4) is 22.4 Å². The van der Waals surface area contributed by atoms with Gasteiger partial charge in [-0.3, -0.25) is 4.79 Å². The first-order valence-corrected chi connectivity index (χ1v) is 13.0. The highest BCUT2D eigenvalue weighted by Gasteiger charge is 2.20. The number of piperazine rings is 1. The van der Waals surface area contributed by atoms with Gasteiger partial charge in [-0.25, -0.2) is 9.97 Å². The van der Waals surface area contributed by atoms with Crippen LogP contribution in [0.25, 0.3) is 33.5 Å². The maximum atomic E-state index is 12.5. The second-order valence-corrected chi connectivity index (χ2v) is 10.3. The number of amides is 1. The van der Waals surface area contributed by atoms with Gasteiger partial charge in [0.2, 0.25) is 0 Å². The Kier molecular flexibility index (Phi) is 6.73. The lowest BCUT2D eigenvalue weighted by molar-refractivity contribution is 0.0827. The molecule has 0 bridgehead atoms. The first kappa shape index (κ1) is 25.0. The van der Waals surface area contributed by atoms with Crippen molar-refractivity contribution in [1.29, 1.82) is 0 Å². The smallest absolute Gasteiger partial charge is 0.253 e. The lowest BCUT2D eigenvalue weighted by Crippen LogP contribution is -2.45. The summed E-state index contributed by atoms with van der Waals surface area (Å²) >= 11 is 0. The van der Waals surface area contributed by atoms with Gasteiger partial charge in [-0.2, -0.15) is 0 Å². The Labute approximate surface area is 219 Å². The molecule has 0 spiro atoms. The second-order valence-electron chi connectivity index (χ2n) is 10.3. The van der Waals surface area contributed by atoms with Crippen LogP contribution in [0.4, 0.5) is 5.69 Å². The molecule has 0 aliphatic carbocycles. The Hall–Kier alpha value is -3.71. The van der Waals surface area contributed by atoms with Crippen molar-refractivity contribution in [2.75, 3.05) is 52.2 Å². The van der Waals surface area contributed by atoms with E-state index in [-0.39, 0.29) is 5.91 Å². The molecule has 37 heavy (non-hydrogen) atoms. The number of carbonyl (C=O) groups excluding carboxylic acids is 1. The first-order valence-electron chi connectivity index (χ1n) is 13.0.